The number of hydrogen-bond acceptors (Lipinski definition) is 8. The molecular formula is C25H28N2O7. The molecule has 1 aromatic carbocycles. The van der Waals surface area contributed by atoms with Crippen LogP contribution in [0.5, 0.6) is 11.5 Å². The first-order valence-electron chi connectivity index (χ1n) is 11.3. The number of aromatic hydroxyl groups is 1. The number of piperidine rings is 1. The Bertz CT molecular complexity index is 1300. The molecule has 3 heterocycles. The summed E-state index contributed by atoms with van der Waals surface area (Å²) in [6.45, 7) is 2.17. The molecule has 3 aromatic rings. The molecule has 1 aliphatic rings. The first-order chi connectivity index (χ1) is 16.4. The first kappa shape index (κ1) is 23.6. The number of ether oxygens (including phenoxy) is 2. The van der Waals surface area contributed by atoms with Crippen molar-refractivity contribution in [2.75, 3.05) is 27.3 Å². The van der Waals surface area contributed by atoms with E-state index in [4.69, 9.17) is 13.9 Å². The van der Waals surface area contributed by atoms with Crippen molar-refractivity contribution in [3.05, 3.63) is 68.0 Å². The topological polar surface area (TPSA) is 122 Å². The molecule has 0 aliphatic carbocycles. The molecule has 2 aromatic heterocycles. The molecule has 9 heteroatoms. The minimum absolute atomic E-state index is 0.127. The van der Waals surface area contributed by atoms with Crippen LogP contribution in [0.2, 0.25) is 0 Å². The highest BCUT2D eigenvalue weighted by atomic mass is 16.5. The molecule has 0 saturated carbocycles. The highest BCUT2D eigenvalue weighted by Crippen LogP contribution is 2.33. The van der Waals surface area contributed by atoms with Crippen LogP contribution >= 0.6 is 0 Å². The Balaban J connectivity index is 1.83. The molecule has 2 N–H and O–H groups in total. The number of pyridine rings is 1. The summed E-state index contributed by atoms with van der Waals surface area (Å²) in [6, 6.07) is 8.05. The Labute approximate surface area is 195 Å². The van der Waals surface area contributed by atoms with E-state index in [1.807, 2.05) is 0 Å². The number of nitrogens with zero attached hydrogens (tertiary/aromatic N) is 1. The summed E-state index contributed by atoms with van der Waals surface area (Å²) in [4.78, 5) is 42.9. The zero-order chi connectivity index (χ0) is 24.2. The van der Waals surface area contributed by atoms with Gasteiger partial charge in [0, 0.05) is 22.5 Å². The predicted octanol–water partition coefficient (Wildman–Crippen LogP) is 2.88. The number of esters is 1. The van der Waals surface area contributed by atoms with Crippen molar-refractivity contribution < 1.29 is 23.8 Å². The van der Waals surface area contributed by atoms with E-state index >= 15 is 0 Å². The smallest absolute Gasteiger partial charge is 0.306 e. The number of methoxy groups -OCH3 is 2. The average molecular weight is 469 g/mol. The third-order valence-electron chi connectivity index (χ3n) is 6.20. The van der Waals surface area contributed by atoms with Crippen LogP contribution in [-0.2, 0) is 16.1 Å². The van der Waals surface area contributed by atoms with Gasteiger partial charge in [0.1, 0.15) is 11.5 Å². The monoisotopic (exact) mass is 468 g/mol. The van der Waals surface area contributed by atoms with Gasteiger partial charge in [0.05, 0.1) is 33.1 Å². The van der Waals surface area contributed by atoms with Crippen LogP contribution in [0.4, 0.5) is 0 Å². The van der Waals surface area contributed by atoms with Gasteiger partial charge in [0.25, 0.3) is 5.56 Å². The molecule has 180 valence electrons. The Morgan fingerprint density at radius 2 is 1.91 bits per heavy atom. The van der Waals surface area contributed by atoms with Crippen LogP contribution in [0.25, 0.3) is 10.9 Å². The van der Waals surface area contributed by atoms with Gasteiger partial charge in [-0.05, 0) is 50.2 Å². The van der Waals surface area contributed by atoms with Gasteiger partial charge in [-0.1, -0.05) is 6.42 Å². The number of nitrogens with one attached hydrogen (secondary N) is 1. The first-order valence-corrected chi connectivity index (χ1v) is 11.3. The summed E-state index contributed by atoms with van der Waals surface area (Å²) in [5.74, 6) is -1.43. The summed E-state index contributed by atoms with van der Waals surface area (Å²) in [5, 5.41) is 11.3. The van der Waals surface area contributed by atoms with E-state index in [9.17, 15) is 19.5 Å². The third kappa shape index (κ3) is 4.99. The molecule has 34 heavy (non-hydrogen) atoms. The lowest BCUT2D eigenvalue weighted by atomic mass is 9.92. The van der Waals surface area contributed by atoms with Crippen LogP contribution in [0.3, 0.4) is 0 Å². The molecule has 9 nitrogen and oxygen atoms in total. The maximum Gasteiger partial charge on any atom is 0.306 e. The zero-order valence-corrected chi connectivity index (χ0v) is 19.3. The fourth-order valence-electron chi connectivity index (χ4n) is 4.39. The molecule has 0 radical (unpaired) electrons. The maximum absolute atomic E-state index is 13.0. The van der Waals surface area contributed by atoms with E-state index in [2.05, 4.69) is 9.88 Å². The van der Waals surface area contributed by atoms with Crippen molar-refractivity contribution in [1.82, 2.24) is 9.88 Å². The van der Waals surface area contributed by atoms with E-state index in [-0.39, 0.29) is 17.7 Å². The maximum atomic E-state index is 13.0. The summed E-state index contributed by atoms with van der Waals surface area (Å²) in [5.41, 5.74) is -0.340. The second-order valence-electron chi connectivity index (χ2n) is 8.47. The van der Waals surface area contributed by atoms with Crippen molar-refractivity contribution in [2.45, 2.75) is 38.1 Å². The van der Waals surface area contributed by atoms with Crippen molar-refractivity contribution in [3.63, 3.8) is 0 Å². The van der Waals surface area contributed by atoms with Crippen molar-refractivity contribution in [1.29, 1.82) is 0 Å². The standard InChI is InChI=1S/C25H28N2O7/c1-32-16-6-7-20-15(10-16)11-19(25(31)26-20)18(13-22(29)33-2)24-23(30)21(28)12-17(34-24)14-27-8-4-3-5-9-27/h6-7,10-12,18,30H,3-5,8-9,13-14H2,1-2H3,(H,26,31). The Hall–Kier alpha value is -3.59. The molecule has 1 fully saturated rings. The summed E-state index contributed by atoms with van der Waals surface area (Å²) in [6.07, 6.45) is 3.00. The van der Waals surface area contributed by atoms with Gasteiger partial charge in [0.15, 0.2) is 5.76 Å². The third-order valence-corrected chi connectivity index (χ3v) is 6.20. The second kappa shape index (κ2) is 10.1. The number of benzene rings is 1. The van der Waals surface area contributed by atoms with Gasteiger partial charge < -0.3 is 24.0 Å². The number of fused-ring (bicyclic) bond motifs is 1. The largest absolute Gasteiger partial charge is 0.502 e. The highest BCUT2D eigenvalue weighted by Gasteiger charge is 2.29. The molecule has 1 unspecified atom stereocenters. The number of H-pyrrole nitrogens is 1. The quantitative estimate of drug-likeness (QED) is 0.508. The minimum atomic E-state index is -1.03. The fraction of sp³-hybridized carbons (Fsp3) is 0.400. The van der Waals surface area contributed by atoms with Gasteiger partial charge in [-0.3, -0.25) is 19.3 Å². The number of hydrogen-bond donors (Lipinski definition) is 2. The van der Waals surface area contributed by atoms with Crippen LogP contribution < -0.4 is 15.7 Å². The Morgan fingerprint density at radius 3 is 2.62 bits per heavy atom. The number of aromatic amines is 1. The van der Waals surface area contributed by atoms with Crippen LogP contribution in [-0.4, -0.2) is 48.3 Å². The van der Waals surface area contributed by atoms with Gasteiger partial charge in [-0.2, -0.15) is 0 Å². The molecule has 0 spiro atoms. The lowest BCUT2D eigenvalue weighted by molar-refractivity contribution is -0.140. The van der Waals surface area contributed by atoms with Crippen LogP contribution in [0.15, 0.2) is 44.3 Å². The normalized spacial score (nSPS) is 15.2. The molecule has 1 aliphatic heterocycles. The zero-order valence-electron chi connectivity index (χ0n) is 19.3. The average Bonchev–Trinajstić information content (AvgIpc) is 2.84. The Morgan fingerprint density at radius 1 is 1.15 bits per heavy atom. The van der Waals surface area contributed by atoms with E-state index in [1.165, 1.54) is 20.3 Å². The molecule has 4 rings (SSSR count). The fourth-order valence-corrected chi connectivity index (χ4v) is 4.39. The SMILES string of the molecule is COC(=O)CC(c1oc(CN2CCCCC2)cc(=O)c1O)c1cc2cc(OC)ccc2[nH]c1=O. The summed E-state index contributed by atoms with van der Waals surface area (Å²) in [7, 11) is 2.77. The molecule has 1 saturated heterocycles. The second-order valence-corrected chi connectivity index (χ2v) is 8.47. The van der Waals surface area contributed by atoms with Crippen LogP contribution in [0.1, 0.15) is 48.7 Å². The van der Waals surface area contributed by atoms with Gasteiger partial charge in [0.2, 0.25) is 11.2 Å². The van der Waals surface area contributed by atoms with E-state index in [0.717, 1.165) is 32.4 Å². The predicted molar refractivity (Wildman–Crippen MR) is 125 cm³/mol. The van der Waals surface area contributed by atoms with Gasteiger partial charge in [-0.25, -0.2) is 0 Å². The Kier molecular flexibility index (Phi) is 7.02. The molecule has 1 atom stereocenters. The van der Waals surface area contributed by atoms with Gasteiger partial charge in [-0.15, -0.1) is 0 Å². The molecule has 0 bridgehead atoms. The summed E-state index contributed by atoms with van der Waals surface area (Å²) >= 11 is 0. The number of carbonyl (C=O) groups excluding carboxylic acids is 1. The minimum Gasteiger partial charge on any atom is -0.502 e. The molecular weight excluding hydrogens is 440 g/mol. The lowest BCUT2D eigenvalue weighted by Crippen LogP contribution is -2.29. The highest BCUT2D eigenvalue weighted by molar-refractivity contribution is 5.81. The molecule has 0 amide bonds. The van der Waals surface area contributed by atoms with E-state index in [1.54, 1.807) is 24.3 Å². The summed E-state index contributed by atoms with van der Waals surface area (Å²) < 4.78 is 16.1. The van der Waals surface area contributed by atoms with E-state index < -0.39 is 28.6 Å². The van der Waals surface area contributed by atoms with Crippen molar-refractivity contribution in [2.24, 2.45) is 0 Å². The number of carbonyl (C=O) groups is 1. The van der Waals surface area contributed by atoms with E-state index in [0.29, 0.717) is 29.0 Å². The number of rotatable bonds is 7. The lowest BCUT2D eigenvalue weighted by Gasteiger charge is -2.26. The van der Waals surface area contributed by atoms with Gasteiger partial charge >= 0.3 is 5.97 Å². The number of aromatic nitrogens is 1. The number of likely N-dealkylation sites (tertiary alicyclic amines) is 1. The van der Waals surface area contributed by atoms with Crippen molar-refractivity contribution >= 4 is 16.9 Å². The van der Waals surface area contributed by atoms with Crippen molar-refractivity contribution in [3.8, 4) is 11.5 Å². The van der Waals surface area contributed by atoms with Crippen LogP contribution in [0, 0.1) is 0 Å².